The van der Waals surface area contributed by atoms with E-state index in [0.29, 0.717) is 24.3 Å². The normalized spacial score (nSPS) is 21.8. The molecule has 1 unspecified atom stereocenters. The second-order valence-electron chi connectivity index (χ2n) is 9.24. The molecule has 3 aliphatic rings. The first kappa shape index (κ1) is 22.1. The number of likely N-dealkylation sites (tertiary alicyclic amines) is 1. The number of benzene rings is 1. The minimum atomic E-state index is 0.00769. The lowest BCUT2D eigenvalue weighted by molar-refractivity contribution is 0.00152. The summed E-state index contributed by atoms with van der Waals surface area (Å²) < 4.78 is 11.4. The van der Waals surface area contributed by atoms with Crippen molar-refractivity contribution in [3.63, 3.8) is 0 Å². The third kappa shape index (κ3) is 4.96. The van der Waals surface area contributed by atoms with Crippen LogP contribution in [0.2, 0.25) is 0 Å². The number of piperidine rings is 1. The second kappa shape index (κ2) is 10.1. The van der Waals surface area contributed by atoms with Gasteiger partial charge in [-0.1, -0.05) is 18.2 Å². The van der Waals surface area contributed by atoms with Gasteiger partial charge in [0.1, 0.15) is 23.6 Å². The number of ether oxygens (including phenoxy) is 2. The summed E-state index contributed by atoms with van der Waals surface area (Å²) in [5.41, 5.74) is 2.56. The Balaban J connectivity index is 1.18. The van der Waals surface area contributed by atoms with E-state index in [1.165, 1.54) is 11.9 Å². The Morgan fingerprint density at radius 3 is 2.73 bits per heavy atom. The molecule has 8 heteroatoms. The van der Waals surface area contributed by atoms with Gasteiger partial charge < -0.3 is 19.7 Å². The van der Waals surface area contributed by atoms with E-state index in [1.807, 2.05) is 30.0 Å². The number of fused-ring (bicyclic) bond motifs is 1. The first-order valence-corrected chi connectivity index (χ1v) is 12.1. The molecule has 1 aromatic heterocycles. The second-order valence-corrected chi connectivity index (χ2v) is 9.24. The smallest absolute Gasteiger partial charge is 0.272 e. The molecule has 5 rings (SSSR count). The molecule has 0 bridgehead atoms. The molecule has 1 atom stereocenters. The van der Waals surface area contributed by atoms with E-state index < -0.39 is 0 Å². The topological polar surface area (TPSA) is 79.8 Å². The van der Waals surface area contributed by atoms with Crippen LogP contribution in [0.5, 0.6) is 5.75 Å². The van der Waals surface area contributed by atoms with E-state index >= 15 is 0 Å². The molecule has 176 valence electrons. The first-order valence-electron chi connectivity index (χ1n) is 12.1. The van der Waals surface area contributed by atoms with Crippen LogP contribution in [-0.4, -0.2) is 84.3 Å². The zero-order chi connectivity index (χ0) is 22.6. The SMILES string of the molecule is Cc1c(NCC2COc3ccccc3C2)ncnc1C(=O)N1CCC(N2CCOCC2)CC1. The fraction of sp³-hybridized carbons (Fsp3) is 0.560. The fourth-order valence-corrected chi connectivity index (χ4v) is 5.13. The molecular formula is C25H33N5O3. The van der Waals surface area contributed by atoms with Gasteiger partial charge in [-0.25, -0.2) is 9.97 Å². The van der Waals surface area contributed by atoms with Crippen molar-refractivity contribution < 1.29 is 14.3 Å². The summed E-state index contributed by atoms with van der Waals surface area (Å²) in [5.74, 6) is 2.08. The van der Waals surface area contributed by atoms with Crippen molar-refractivity contribution >= 4 is 11.7 Å². The number of hydrogen-bond acceptors (Lipinski definition) is 7. The van der Waals surface area contributed by atoms with Crippen LogP contribution < -0.4 is 10.1 Å². The number of nitrogens with zero attached hydrogens (tertiary/aromatic N) is 4. The Morgan fingerprint density at radius 2 is 1.91 bits per heavy atom. The maximum absolute atomic E-state index is 13.3. The first-order chi connectivity index (χ1) is 16.2. The molecule has 1 amide bonds. The predicted molar refractivity (Wildman–Crippen MR) is 126 cm³/mol. The zero-order valence-electron chi connectivity index (χ0n) is 19.3. The van der Waals surface area contributed by atoms with Crippen molar-refractivity contribution in [1.82, 2.24) is 19.8 Å². The summed E-state index contributed by atoms with van der Waals surface area (Å²) in [5, 5.41) is 3.44. The Labute approximate surface area is 195 Å². The third-order valence-electron chi connectivity index (χ3n) is 7.11. The van der Waals surface area contributed by atoms with Crippen LogP contribution in [-0.2, 0) is 11.2 Å². The molecule has 1 N–H and O–H groups in total. The molecule has 0 aliphatic carbocycles. The molecule has 2 fully saturated rings. The molecule has 0 spiro atoms. The molecule has 2 saturated heterocycles. The number of carbonyl (C=O) groups is 1. The summed E-state index contributed by atoms with van der Waals surface area (Å²) in [7, 11) is 0. The molecule has 8 nitrogen and oxygen atoms in total. The van der Waals surface area contributed by atoms with E-state index in [2.05, 4.69) is 26.3 Å². The molecule has 1 aromatic carbocycles. The highest BCUT2D eigenvalue weighted by atomic mass is 16.5. The van der Waals surface area contributed by atoms with Gasteiger partial charge in [-0.15, -0.1) is 0 Å². The minimum absolute atomic E-state index is 0.00769. The number of aromatic nitrogens is 2. The van der Waals surface area contributed by atoms with E-state index in [4.69, 9.17) is 9.47 Å². The van der Waals surface area contributed by atoms with Gasteiger partial charge in [0.2, 0.25) is 0 Å². The summed E-state index contributed by atoms with van der Waals surface area (Å²) in [4.78, 5) is 26.5. The van der Waals surface area contributed by atoms with Gasteiger partial charge in [0.05, 0.1) is 19.8 Å². The number of nitrogens with one attached hydrogen (secondary N) is 1. The van der Waals surface area contributed by atoms with Crippen LogP contribution in [0.15, 0.2) is 30.6 Å². The quantitative estimate of drug-likeness (QED) is 0.748. The monoisotopic (exact) mass is 451 g/mol. The van der Waals surface area contributed by atoms with E-state index in [0.717, 1.165) is 82.3 Å². The lowest BCUT2D eigenvalue weighted by Crippen LogP contribution is -2.50. The molecule has 0 saturated carbocycles. The lowest BCUT2D eigenvalue weighted by Gasteiger charge is -2.40. The third-order valence-corrected chi connectivity index (χ3v) is 7.11. The van der Waals surface area contributed by atoms with Gasteiger partial charge in [-0.3, -0.25) is 9.69 Å². The fourth-order valence-electron chi connectivity index (χ4n) is 5.13. The zero-order valence-corrected chi connectivity index (χ0v) is 19.3. The van der Waals surface area contributed by atoms with Crippen LogP contribution in [0.25, 0.3) is 0 Å². The standard InChI is InChI=1S/C25H33N5O3/c1-18-23(25(31)30-8-6-21(7-9-30)29-10-12-32-13-11-29)27-17-28-24(18)26-15-19-14-20-4-2-3-5-22(20)33-16-19/h2-5,17,19,21H,6-16H2,1H3,(H,26,27,28). The summed E-state index contributed by atoms with van der Waals surface area (Å²) in [6.07, 6.45) is 4.47. The Hall–Kier alpha value is -2.71. The maximum Gasteiger partial charge on any atom is 0.272 e. The van der Waals surface area contributed by atoms with Crippen molar-refractivity contribution in [2.45, 2.75) is 32.2 Å². The predicted octanol–water partition coefficient (Wildman–Crippen LogP) is 2.39. The number of hydrogen-bond donors (Lipinski definition) is 1. The summed E-state index contributed by atoms with van der Waals surface area (Å²) in [6, 6.07) is 8.75. The van der Waals surface area contributed by atoms with Crippen molar-refractivity contribution in [3.8, 4) is 5.75 Å². The van der Waals surface area contributed by atoms with Crippen molar-refractivity contribution in [2.75, 3.05) is 57.9 Å². The van der Waals surface area contributed by atoms with Gasteiger partial charge in [-0.05, 0) is 37.8 Å². The lowest BCUT2D eigenvalue weighted by atomic mass is 9.96. The largest absolute Gasteiger partial charge is 0.493 e. The molecule has 33 heavy (non-hydrogen) atoms. The van der Waals surface area contributed by atoms with E-state index in [-0.39, 0.29) is 5.91 Å². The molecule has 4 heterocycles. The number of rotatable bonds is 5. The van der Waals surface area contributed by atoms with Crippen LogP contribution in [0, 0.1) is 12.8 Å². The average Bonchev–Trinajstić information content (AvgIpc) is 2.88. The van der Waals surface area contributed by atoms with Gasteiger partial charge in [0.15, 0.2) is 0 Å². The Bertz CT molecular complexity index is 970. The highest BCUT2D eigenvalue weighted by Gasteiger charge is 2.30. The summed E-state index contributed by atoms with van der Waals surface area (Å²) in [6.45, 7) is 8.51. The van der Waals surface area contributed by atoms with Crippen LogP contribution >= 0.6 is 0 Å². The molecular weight excluding hydrogens is 418 g/mol. The molecule has 2 aromatic rings. The van der Waals surface area contributed by atoms with Crippen LogP contribution in [0.3, 0.4) is 0 Å². The molecule has 0 radical (unpaired) electrons. The summed E-state index contributed by atoms with van der Waals surface area (Å²) >= 11 is 0. The Morgan fingerprint density at radius 1 is 1.12 bits per heavy atom. The average molecular weight is 452 g/mol. The van der Waals surface area contributed by atoms with Gasteiger partial charge in [0.25, 0.3) is 5.91 Å². The van der Waals surface area contributed by atoms with Crippen molar-refractivity contribution in [3.05, 3.63) is 47.4 Å². The van der Waals surface area contributed by atoms with E-state index in [1.54, 1.807) is 0 Å². The maximum atomic E-state index is 13.3. The highest BCUT2D eigenvalue weighted by Crippen LogP contribution is 2.27. The number of para-hydroxylation sites is 1. The van der Waals surface area contributed by atoms with Gasteiger partial charge >= 0.3 is 0 Å². The van der Waals surface area contributed by atoms with Crippen molar-refractivity contribution in [1.29, 1.82) is 0 Å². The minimum Gasteiger partial charge on any atom is -0.493 e. The number of morpholine rings is 1. The van der Waals surface area contributed by atoms with Crippen LogP contribution in [0.4, 0.5) is 5.82 Å². The number of carbonyl (C=O) groups excluding carboxylic acids is 1. The van der Waals surface area contributed by atoms with Gasteiger partial charge in [0, 0.05) is 50.2 Å². The van der Waals surface area contributed by atoms with Crippen LogP contribution in [0.1, 0.15) is 34.5 Å². The molecule has 3 aliphatic heterocycles. The highest BCUT2D eigenvalue weighted by molar-refractivity contribution is 5.94. The van der Waals surface area contributed by atoms with Crippen molar-refractivity contribution in [2.24, 2.45) is 5.92 Å². The Kier molecular flexibility index (Phi) is 6.73. The van der Waals surface area contributed by atoms with E-state index in [9.17, 15) is 4.79 Å². The number of anilines is 1. The number of amides is 1. The van der Waals surface area contributed by atoms with Gasteiger partial charge in [-0.2, -0.15) is 0 Å².